The van der Waals surface area contributed by atoms with Crippen LogP contribution in [0.1, 0.15) is 56.8 Å². The summed E-state index contributed by atoms with van der Waals surface area (Å²) in [5.74, 6) is 2.22. The van der Waals surface area contributed by atoms with E-state index in [9.17, 15) is 13.2 Å². The third kappa shape index (κ3) is 6.45. The highest BCUT2D eigenvalue weighted by Gasteiger charge is 2.26. The number of benzene rings is 1. The van der Waals surface area contributed by atoms with Crippen LogP contribution in [0.15, 0.2) is 23.1 Å². The lowest BCUT2D eigenvalue weighted by atomic mass is 9.92. The van der Waals surface area contributed by atoms with Gasteiger partial charge in [0.2, 0.25) is 10.0 Å². The summed E-state index contributed by atoms with van der Waals surface area (Å²) in [6.07, 6.45) is 3.94. The molecule has 2 heterocycles. The minimum absolute atomic E-state index is 0.104. The molecule has 1 aromatic carbocycles. The van der Waals surface area contributed by atoms with Crippen molar-refractivity contribution in [2.75, 3.05) is 46.4 Å². The van der Waals surface area contributed by atoms with Gasteiger partial charge in [0.05, 0.1) is 17.6 Å². The number of ether oxygens (including phenoxy) is 1. The van der Waals surface area contributed by atoms with Crippen molar-refractivity contribution in [2.45, 2.75) is 51.3 Å². The van der Waals surface area contributed by atoms with E-state index in [1.807, 2.05) is 0 Å². The molecule has 2 saturated heterocycles. The average Bonchev–Trinajstić information content (AvgIpc) is 2.75. The Kier molecular flexibility index (Phi) is 8.58. The fourth-order valence-corrected chi connectivity index (χ4v) is 6.07. The predicted octanol–water partition coefficient (Wildman–Crippen LogP) is 3.21. The van der Waals surface area contributed by atoms with E-state index in [1.165, 1.54) is 25.7 Å². The summed E-state index contributed by atoms with van der Waals surface area (Å²) >= 11 is 0. The summed E-state index contributed by atoms with van der Waals surface area (Å²) in [5, 5.41) is 0. The number of likely N-dealkylation sites (tertiary alicyclic amines) is 2. The first-order valence-electron chi connectivity index (χ1n) is 11.9. The quantitative estimate of drug-likeness (QED) is 0.597. The molecule has 2 atom stereocenters. The second kappa shape index (κ2) is 11.0. The number of hydrogen-bond donors (Lipinski definition) is 1. The number of nitrogens with zero attached hydrogens (tertiary/aromatic N) is 2. The van der Waals surface area contributed by atoms with E-state index in [4.69, 9.17) is 4.74 Å². The Morgan fingerprint density at radius 1 is 1.09 bits per heavy atom. The average molecular weight is 466 g/mol. The van der Waals surface area contributed by atoms with Crippen LogP contribution >= 0.6 is 0 Å². The van der Waals surface area contributed by atoms with E-state index >= 15 is 0 Å². The van der Waals surface area contributed by atoms with Gasteiger partial charge in [0.1, 0.15) is 5.75 Å². The van der Waals surface area contributed by atoms with Crippen molar-refractivity contribution in [1.82, 2.24) is 14.5 Å². The number of carbonyl (C=O) groups excluding carboxylic acids is 1. The molecule has 1 N–H and O–H groups in total. The van der Waals surface area contributed by atoms with Crippen molar-refractivity contribution in [2.24, 2.45) is 17.8 Å². The summed E-state index contributed by atoms with van der Waals surface area (Å²) in [6, 6.07) is 4.53. The van der Waals surface area contributed by atoms with E-state index in [1.54, 1.807) is 11.0 Å². The molecular formula is C24H39N3O4S. The van der Waals surface area contributed by atoms with E-state index in [2.05, 4.69) is 30.4 Å². The lowest BCUT2D eigenvalue weighted by Gasteiger charge is -2.34. The maximum absolute atomic E-state index is 13.1. The zero-order valence-corrected chi connectivity index (χ0v) is 20.8. The summed E-state index contributed by atoms with van der Waals surface area (Å²) in [5.41, 5.74) is 0.307. The summed E-state index contributed by atoms with van der Waals surface area (Å²) < 4.78 is 33.8. The molecule has 32 heavy (non-hydrogen) atoms. The van der Waals surface area contributed by atoms with Gasteiger partial charge in [-0.3, -0.25) is 4.79 Å². The number of piperidine rings is 2. The normalized spacial score (nSPS) is 23.3. The van der Waals surface area contributed by atoms with Crippen molar-refractivity contribution in [1.29, 1.82) is 0 Å². The zero-order chi connectivity index (χ0) is 23.3. The van der Waals surface area contributed by atoms with Crippen LogP contribution in [-0.4, -0.2) is 70.5 Å². The number of methoxy groups -OCH3 is 1. The van der Waals surface area contributed by atoms with Gasteiger partial charge in [-0.25, -0.2) is 13.1 Å². The largest absolute Gasteiger partial charge is 0.496 e. The zero-order valence-electron chi connectivity index (χ0n) is 20.0. The molecule has 0 bridgehead atoms. The first-order valence-corrected chi connectivity index (χ1v) is 13.4. The minimum Gasteiger partial charge on any atom is -0.496 e. The predicted molar refractivity (Wildman–Crippen MR) is 126 cm³/mol. The van der Waals surface area contributed by atoms with E-state index < -0.39 is 10.0 Å². The first kappa shape index (κ1) is 25.0. The maximum atomic E-state index is 13.1. The van der Waals surface area contributed by atoms with Crippen LogP contribution in [-0.2, 0) is 10.0 Å². The highest BCUT2D eigenvalue weighted by Crippen LogP contribution is 2.26. The molecule has 0 radical (unpaired) electrons. The third-order valence-electron chi connectivity index (χ3n) is 6.67. The summed E-state index contributed by atoms with van der Waals surface area (Å²) in [7, 11) is -2.20. The third-order valence-corrected chi connectivity index (χ3v) is 8.13. The topological polar surface area (TPSA) is 79.0 Å². The first-order chi connectivity index (χ1) is 15.2. The van der Waals surface area contributed by atoms with Gasteiger partial charge in [-0.15, -0.1) is 0 Å². The van der Waals surface area contributed by atoms with E-state index in [-0.39, 0.29) is 10.8 Å². The van der Waals surface area contributed by atoms with Crippen LogP contribution in [0.3, 0.4) is 0 Å². The van der Waals surface area contributed by atoms with Gasteiger partial charge in [-0.1, -0.05) is 20.8 Å². The lowest BCUT2D eigenvalue weighted by molar-refractivity contribution is 0.0693. The van der Waals surface area contributed by atoms with Crippen molar-refractivity contribution in [3.8, 4) is 5.75 Å². The van der Waals surface area contributed by atoms with Crippen LogP contribution < -0.4 is 9.46 Å². The number of sulfonamides is 1. The molecule has 0 aromatic heterocycles. The number of rotatable bonds is 8. The van der Waals surface area contributed by atoms with Crippen LogP contribution in [0, 0.1) is 17.8 Å². The number of hydrogen-bond acceptors (Lipinski definition) is 5. The van der Waals surface area contributed by atoms with Gasteiger partial charge in [0, 0.05) is 32.7 Å². The standard InChI is InChI=1S/C24H39N3O4S/c1-18-8-12-27(13-9-18)24(28)22-15-21(6-7-23(22)31-4)32(29,30)25-10-5-11-26-16-19(2)14-20(3)17-26/h6-7,15,18-20,25H,5,8-14,16-17H2,1-4H3/t19-,20-/m1/s1. The highest BCUT2D eigenvalue weighted by atomic mass is 32.2. The molecule has 7 nitrogen and oxygen atoms in total. The molecule has 0 saturated carbocycles. The van der Waals surface area contributed by atoms with Gasteiger partial charge in [-0.2, -0.15) is 0 Å². The molecule has 180 valence electrons. The Hall–Kier alpha value is -1.64. The number of carbonyl (C=O) groups is 1. The molecule has 0 unspecified atom stereocenters. The molecular weight excluding hydrogens is 426 g/mol. The van der Waals surface area contributed by atoms with E-state index in [0.717, 1.165) is 38.9 Å². The molecule has 1 aromatic rings. The van der Waals surface area contributed by atoms with Crippen LogP contribution in [0.25, 0.3) is 0 Å². The molecule has 2 aliphatic rings. The molecule has 1 amide bonds. The Bertz CT molecular complexity index is 871. The fourth-order valence-electron chi connectivity index (χ4n) is 4.97. The number of amides is 1. The smallest absolute Gasteiger partial charge is 0.257 e. The van der Waals surface area contributed by atoms with E-state index in [0.29, 0.717) is 48.7 Å². The van der Waals surface area contributed by atoms with Crippen molar-refractivity contribution in [3.63, 3.8) is 0 Å². The molecule has 8 heteroatoms. The van der Waals surface area contributed by atoms with Crippen molar-refractivity contribution >= 4 is 15.9 Å². The Balaban J connectivity index is 1.62. The van der Waals surface area contributed by atoms with Gasteiger partial charge in [0.25, 0.3) is 5.91 Å². The Morgan fingerprint density at radius 2 is 1.75 bits per heavy atom. The van der Waals surface area contributed by atoms with Gasteiger partial charge in [-0.05, 0) is 68.2 Å². The maximum Gasteiger partial charge on any atom is 0.257 e. The van der Waals surface area contributed by atoms with Gasteiger partial charge >= 0.3 is 0 Å². The van der Waals surface area contributed by atoms with Crippen molar-refractivity contribution < 1.29 is 17.9 Å². The second-order valence-corrected chi connectivity index (χ2v) is 11.6. The van der Waals surface area contributed by atoms with Crippen molar-refractivity contribution in [3.05, 3.63) is 23.8 Å². The molecule has 2 fully saturated rings. The van der Waals surface area contributed by atoms with Crippen LogP contribution in [0.5, 0.6) is 5.75 Å². The van der Waals surface area contributed by atoms with Crippen LogP contribution in [0.4, 0.5) is 0 Å². The SMILES string of the molecule is COc1ccc(S(=O)(=O)NCCCN2C[C@H](C)C[C@@H](C)C2)cc1C(=O)N1CCC(C)CC1. The minimum atomic E-state index is -3.70. The second-order valence-electron chi connectivity index (χ2n) is 9.79. The molecule has 0 spiro atoms. The highest BCUT2D eigenvalue weighted by molar-refractivity contribution is 7.89. The molecule has 2 aliphatic heterocycles. The molecule has 3 rings (SSSR count). The van der Waals surface area contributed by atoms with Gasteiger partial charge < -0.3 is 14.5 Å². The van der Waals surface area contributed by atoms with Crippen LogP contribution in [0.2, 0.25) is 0 Å². The Morgan fingerprint density at radius 3 is 2.38 bits per heavy atom. The number of nitrogens with one attached hydrogen (secondary N) is 1. The fraction of sp³-hybridized carbons (Fsp3) is 0.708. The van der Waals surface area contributed by atoms with Gasteiger partial charge in [0.15, 0.2) is 0 Å². The molecule has 0 aliphatic carbocycles. The summed E-state index contributed by atoms with van der Waals surface area (Å²) in [6.45, 7) is 11.5. The lowest BCUT2D eigenvalue weighted by Crippen LogP contribution is -2.40. The Labute approximate surface area is 193 Å². The summed E-state index contributed by atoms with van der Waals surface area (Å²) in [4.78, 5) is 17.4. The monoisotopic (exact) mass is 465 g/mol.